The van der Waals surface area contributed by atoms with Crippen molar-refractivity contribution in [3.05, 3.63) is 0 Å². The average molecular weight is 304 g/mol. The van der Waals surface area contributed by atoms with E-state index < -0.39 is 11.0 Å². The molecule has 0 aromatic rings. The van der Waals surface area contributed by atoms with Gasteiger partial charge in [-0.3, -0.25) is 4.90 Å². The number of halogens is 4. The highest BCUT2D eigenvalue weighted by Crippen LogP contribution is 2.29. The Morgan fingerprint density at radius 1 is 1.50 bits per heavy atom. The number of morpholine rings is 1. The second-order valence-corrected chi connectivity index (χ2v) is 6.00. The third kappa shape index (κ3) is 4.22. The summed E-state index contributed by atoms with van der Waals surface area (Å²) in [4.78, 5) is 0.322. The van der Waals surface area contributed by atoms with E-state index in [1.165, 1.54) is 0 Å². The lowest BCUT2D eigenvalue weighted by Crippen LogP contribution is -2.54. The minimum Gasteiger partial charge on any atom is -0.370 e. The predicted octanol–water partition coefficient (Wildman–Crippen LogP) is 2.81. The van der Waals surface area contributed by atoms with E-state index in [0.29, 0.717) is 13.1 Å². The molecule has 2 nitrogen and oxygen atoms in total. The van der Waals surface area contributed by atoms with Crippen molar-refractivity contribution >= 4 is 15.9 Å². The molecule has 0 radical (unpaired) electrons. The molecular weight excluding hydrogens is 287 g/mol. The summed E-state index contributed by atoms with van der Waals surface area (Å²) in [5, 5.41) is 0. The van der Waals surface area contributed by atoms with E-state index >= 15 is 0 Å². The Hall–Kier alpha value is 0.190. The summed E-state index contributed by atoms with van der Waals surface area (Å²) in [5.41, 5.74) is -0.379. The Bertz CT molecular complexity index is 245. The third-order valence-electron chi connectivity index (χ3n) is 2.41. The summed E-state index contributed by atoms with van der Waals surface area (Å²) in [5.74, 6) is 0. The van der Waals surface area contributed by atoms with Gasteiger partial charge in [-0.15, -0.1) is 0 Å². The van der Waals surface area contributed by atoms with Crippen molar-refractivity contribution in [2.24, 2.45) is 0 Å². The van der Waals surface area contributed by atoms with E-state index in [-0.39, 0.29) is 18.2 Å². The fourth-order valence-electron chi connectivity index (χ4n) is 2.06. The summed E-state index contributed by atoms with van der Waals surface area (Å²) in [6.07, 6.45) is -4.22. The molecule has 0 amide bonds. The molecule has 2 atom stereocenters. The highest BCUT2D eigenvalue weighted by atomic mass is 79.9. The number of alkyl halides is 4. The lowest BCUT2D eigenvalue weighted by atomic mass is 10.1. The molecule has 6 heteroatoms. The lowest BCUT2D eigenvalue weighted by molar-refractivity contribution is -0.152. The SMILES string of the molecule is CC1CN(CC(Br)C(F)(F)F)CC(C)(C)O1. The number of nitrogens with zero attached hydrogens (tertiary/aromatic N) is 1. The molecule has 1 aliphatic rings. The first-order chi connectivity index (χ1) is 7.10. The number of rotatable bonds is 2. The molecule has 0 spiro atoms. The first-order valence-electron chi connectivity index (χ1n) is 5.21. The summed E-state index contributed by atoms with van der Waals surface area (Å²) in [7, 11) is 0. The van der Waals surface area contributed by atoms with Crippen LogP contribution in [0.15, 0.2) is 0 Å². The smallest absolute Gasteiger partial charge is 0.370 e. The van der Waals surface area contributed by atoms with Gasteiger partial charge in [0.2, 0.25) is 0 Å². The van der Waals surface area contributed by atoms with Gasteiger partial charge >= 0.3 is 6.18 Å². The van der Waals surface area contributed by atoms with Crippen molar-refractivity contribution in [1.29, 1.82) is 0 Å². The molecule has 0 bridgehead atoms. The van der Waals surface area contributed by atoms with Crippen LogP contribution in [0, 0.1) is 0 Å². The Morgan fingerprint density at radius 2 is 2.06 bits per heavy atom. The van der Waals surface area contributed by atoms with Crippen LogP contribution in [-0.2, 0) is 4.74 Å². The zero-order chi connectivity index (χ0) is 12.6. The van der Waals surface area contributed by atoms with Gasteiger partial charge in [0.1, 0.15) is 4.83 Å². The highest BCUT2D eigenvalue weighted by molar-refractivity contribution is 9.09. The minimum absolute atomic E-state index is 0.0272. The Labute approximate surface area is 102 Å². The van der Waals surface area contributed by atoms with Crippen LogP contribution < -0.4 is 0 Å². The van der Waals surface area contributed by atoms with Gasteiger partial charge in [-0.2, -0.15) is 13.2 Å². The van der Waals surface area contributed by atoms with Crippen molar-refractivity contribution in [3.63, 3.8) is 0 Å². The fourth-order valence-corrected chi connectivity index (χ4v) is 2.46. The van der Waals surface area contributed by atoms with Gasteiger partial charge in [-0.05, 0) is 20.8 Å². The maximum atomic E-state index is 12.4. The van der Waals surface area contributed by atoms with Gasteiger partial charge in [-0.25, -0.2) is 0 Å². The van der Waals surface area contributed by atoms with E-state index in [0.717, 1.165) is 0 Å². The molecule has 0 aliphatic carbocycles. The van der Waals surface area contributed by atoms with Crippen LogP contribution in [0.2, 0.25) is 0 Å². The van der Waals surface area contributed by atoms with Gasteiger partial charge in [0.25, 0.3) is 0 Å². The van der Waals surface area contributed by atoms with Gasteiger partial charge in [0, 0.05) is 19.6 Å². The van der Waals surface area contributed by atoms with Crippen molar-refractivity contribution in [2.45, 2.75) is 43.5 Å². The minimum atomic E-state index is -4.19. The summed E-state index contributed by atoms with van der Waals surface area (Å²) < 4.78 is 42.8. The highest BCUT2D eigenvalue weighted by Gasteiger charge is 2.41. The van der Waals surface area contributed by atoms with E-state index in [1.54, 1.807) is 4.90 Å². The molecular formula is C10H17BrF3NO. The molecule has 1 rings (SSSR count). The maximum Gasteiger partial charge on any atom is 0.402 e. The van der Waals surface area contributed by atoms with Crippen LogP contribution in [0.1, 0.15) is 20.8 Å². The van der Waals surface area contributed by atoms with Crippen molar-refractivity contribution in [1.82, 2.24) is 4.90 Å². The fraction of sp³-hybridized carbons (Fsp3) is 1.00. The van der Waals surface area contributed by atoms with E-state index in [1.807, 2.05) is 20.8 Å². The molecule has 16 heavy (non-hydrogen) atoms. The molecule has 0 aromatic carbocycles. The monoisotopic (exact) mass is 303 g/mol. The van der Waals surface area contributed by atoms with Crippen LogP contribution >= 0.6 is 15.9 Å². The van der Waals surface area contributed by atoms with Crippen LogP contribution in [0.3, 0.4) is 0 Å². The van der Waals surface area contributed by atoms with E-state index in [2.05, 4.69) is 15.9 Å². The van der Waals surface area contributed by atoms with Gasteiger partial charge in [0.15, 0.2) is 0 Å². The van der Waals surface area contributed by atoms with Crippen LogP contribution in [-0.4, -0.2) is 47.2 Å². The summed E-state index contributed by atoms with van der Waals surface area (Å²) in [6.45, 7) is 6.71. The van der Waals surface area contributed by atoms with Crippen molar-refractivity contribution in [3.8, 4) is 0 Å². The molecule has 1 aliphatic heterocycles. The predicted molar refractivity (Wildman–Crippen MR) is 59.8 cm³/mol. The summed E-state index contributed by atoms with van der Waals surface area (Å²) in [6, 6.07) is 0. The van der Waals surface area contributed by atoms with E-state index in [9.17, 15) is 13.2 Å². The number of ether oxygens (including phenoxy) is 1. The molecule has 1 saturated heterocycles. The molecule has 0 N–H and O–H groups in total. The van der Waals surface area contributed by atoms with E-state index in [4.69, 9.17) is 4.74 Å². The molecule has 96 valence electrons. The van der Waals surface area contributed by atoms with Crippen molar-refractivity contribution in [2.75, 3.05) is 19.6 Å². The standard InChI is InChI=1S/C10H17BrF3NO/c1-7-4-15(6-9(2,3)16-7)5-8(11)10(12,13)14/h7-8H,4-6H2,1-3H3. The normalized spacial score (nSPS) is 29.1. The van der Waals surface area contributed by atoms with Gasteiger partial charge < -0.3 is 4.74 Å². The second kappa shape index (κ2) is 4.82. The number of hydrogen-bond donors (Lipinski definition) is 0. The number of hydrogen-bond acceptors (Lipinski definition) is 2. The zero-order valence-electron chi connectivity index (χ0n) is 9.64. The molecule has 0 saturated carbocycles. The average Bonchev–Trinajstić information content (AvgIpc) is 1.97. The topological polar surface area (TPSA) is 12.5 Å². The Balaban J connectivity index is 2.55. The molecule has 2 unspecified atom stereocenters. The Kier molecular flexibility index (Phi) is 4.29. The maximum absolute atomic E-state index is 12.4. The zero-order valence-corrected chi connectivity index (χ0v) is 11.2. The van der Waals surface area contributed by atoms with Crippen molar-refractivity contribution < 1.29 is 17.9 Å². The quantitative estimate of drug-likeness (QED) is 0.727. The van der Waals surface area contributed by atoms with Gasteiger partial charge in [0.05, 0.1) is 11.7 Å². The molecule has 1 heterocycles. The third-order valence-corrected chi connectivity index (χ3v) is 3.22. The first-order valence-corrected chi connectivity index (χ1v) is 6.13. The molecule has 0 aromatic heterocycles. The summed E-state index contributed by atoms with van der Waals surface area (Å²) >= 11 is 2.68. The Morgan fingerprint density at radius 3 is 2.50 bits per heavy atom. The van der Waals surface area contributed by atoms with Crippen LogP contribution in [0.25, 0.3) is 0 Å². The lowest BCUT2D eigenvalue weighted by Gasteiger charge is -2.42. The van der Waals surface area contributed by atoms with Gasteiger partial charge in [-0.1, -0.05) is 15.9 Å². The van der Waals surface area contributed by atoms with Crippen LogP contribution in [0.4, 0.5) is 13.2 Å². The second-order valence-electron chi connectivity index (χ2n) is 4.89. The largest absolute Gasteiger partial charge is 0.402 e. The first kappa shape index (κ1) is 14.3. The van der Waals surface area contributed by atoms with Crippen LogP contribution in [0.5, 0.6) is 0 Å². The molecule has 1 fully saturated rings.